The molecule has 0 saturated carbocycles. The highest BCUT2D eigenvalue weighted by Crippen LogP contribution is 2.36. The zero-order valence-electron chi connectivity index (χ0n) is 16.2. The number of fused-ring (bicyclic) bond motifs is 3. The summed E-state index contributed by atoms with van der Waals surface area (Å²) in [6.45, 7) is 3.70. The van der Waals surface area contributed by atoms with Crippen molar-refractivity contribution in [2.24, 2.45) is 5.92 Å². The molecule has 2 bridgehead atoms. The second-order valence-corrected chi connectivity index (χ2v) is 8.04. The van der Waals surface area contributed by atoms with Crippen molar-refractivity contribution in [2.75, 3.05) is 26.2 Å². The molecule has 2 aromatic carbocycles. The lowest BCUT2D eigenvalue weighted by Gasteiger charge is -2.51. The van der Waals surface area contributed by atoms with E-state index in [1.54, 1.807) is 4.90 Å². The number of rotatable bonds is 6. The van der Waals surface area contributed by atoms with Crippen LogP contribution in [-0.2, 0) is 17.9 Å². The first-order chi connectivity index (χ1) is 13.6. The summed E-state index contributed by atoms with van der Waals surface area (Å²) < 4.78 is 5.59. The fraction of sp³-hybridized carbons (Fsp3) is 0.435. The number of nitrogens with zero attached hydrogens (tertiary/aromatic N) is 2. The average Bonchev–Trinajstić information content (AvgIpc) is 2.73. The van der Waals surface area contributed by atoms with Crippen LogP contribution in [0.3, 0.4) is 0 Å². The molecule has 3 saturated heterocycles. The quantitative estimate of drug-likeness (QED) is 0.836. The Hall–Kier alpha value is -2.37. The predicted molar refractivity (Wildman–Crippen MR) is 108 cm³/mol. The molecule has 1 atom stereocenters. The topological polar surface area (TPSA) is 53.0 Å². The van der Waals surface area contributed by atoms with Gasteiger partial charge in [0, 0.05) is 13.1 Å². The van der Waals surface area contributed by atoms with E-state index < -0.39 is 5.60 Å². The molecule has 3 heterocycles. The summed E-state index contributed by atoms with van der Waals surface area (Å²) in [6.07, 6.45) is 1.61. The Morgan fingerprint density at radius 1 is 1.04 bits per heavy atom. The molecule has 5 rings (SSSR count). The van der Waals surface area contributed by atoms with Crippen LogP contribution in [0.1, 0.15) is 24.0 Å². The third-order valence-corrected chi connectivity index (χ3v) is 5.99. The number of hydrogen-bond donors (Lipinski definition) is 1. The highest BCUT2D eigenvalue weighted by atomic mass is 16.6. The van der Waals surface area contributed by atoms with Crippen LogP contribution >= 0.6 is 0 Å². The predicted octanol–water partition coefficient (Wildman–Crippen LogP) is 3.28. The Kier molecular flexibility index (Phi) is 5.64. The Labute approximate surface area is 166 Å². The zero-order chi connectivity index (χ0) is 19.4. The molecule has 148 valence electrons. The Balaban J connectivity index is 1.47. The molecule has 1 N–H and O–H groups in total. The second-order valence-electron chi connectivity index (χ2n) is 8.04. The maximum absolute atomic E-state index is 12.9. The second kappa shape index (κ2) is 8.33. The van der Waals surface area contributed by atoms with Crippen LogP contribution in [0, 0.1) is 5.92 Å². The van der Waals surface area contributed by atoms with Crippen molar-refractivity contribution in [2.45, 2.75) is 31.6 Å². The van der Waals surface area contributed by atoms with E-state index in [2.05, 4.69) is 4.90 Å². The van der Waals surface area contributed by atoms with Gasteiger partial charge in [-0.15, -0.1) is 0 Å². The molecule has 5 nitrogen and oxygen atoms in total. The smallest absolute Gasteiger partial charge is 0.410 e. The van der Waals surface area contributed by atoms with Gasteiger partial charge in [0.2, 0.25) is 0 Å². The number of carbonyl (C=O) groups excluding carboxylic acids is 1. The first-order valence-corrected chi connectivity index (χ1v) is 10.1. The molecular weight excluding hydrogens is 352 g/mol. The fourth-order valence-corrected chi connectivity index (χ4v) is 4.45. The van der Waals surface area contributed by atoms with Gasteiger partial charge in [-0.3, -0.25) is 0 Å². The van der Waals surface area contributed by atoms with Crippen molar-refractivity contribution in [3.8, 4) is 0 Å². The monoisotopic (exact) mass is 380 g/mol. The van der Waals surface area contributed by atoms with E-state index >= 15 is 0 Å². The minimum atomic E-state index is -0.864. The normalized spacial score (nSPS) is 26.0. The van der Waals surface area contributed by atoms with E-state index in [9.17, 15) is 9.90 Å². The van der Waals surface area contributed by atoms with Gasteiger partial charge < -0.3 is 19.6 Å². The SMILES string of the molecule is O=C(OCc1ccccc1)N(Cc1ccccc1)CC1(O)CN2CCC1CC2. The maximum Gasteiger partial charge on any atom is 0.410 e. The summed E-state index contributed by atoms with van der Waals surface area (Å²) in [7, 11) is 0. The fourth-order valence-electron chi connectivity index (χ4n) is 4.45. The van der Waals surface area contributed by atoms with E-state index in [-0.39, 0.29) is 18.6 Å². The van der Waals surface area contributed by atoms with Crippen LogP contribution < -0.4 is 0 Å². The van der Waals surface area contributed by atoms with Gasteiger partial charge in [-0.1, -0.05) is 60.7 Å². The van der Waals surface area contributed by atoms with Crippen LogP contribution in [0.4, 0.5) is 4.79 Å². The highest BCUT2D eigenvalue weighted by Gasteiger charge is 2.47. The molecule has 3 fully saturated rings. The van der Waals surface area contributed by atoms with E-state index in [4.69, 9.17) is 4.74 Å². The van der Waals surface area contributed by atoms with Gasteiger partial charge >= 0.3 is 6.09 Å². The van der Waals surface area contributed by atoms with Crippen molar-refractivity contribution in [1.29, 1.82) is 0 Å². The lowest BCUT2D eigenvalue weighted by atomic mass is 9.75. The molecule has 3 aliphatic heterocycles. The number of amides is 1. The van der Waals surface area contributed by atoms with Crippen LogP contribution in [-0.4, -0.2) is 52.8 Å². The Bertz CT molecular complexity index is 775. The van der Waals surface area contributed by atoms with Crippen molar-refractivity contribution < 1.29 is 14.6 Å². The molecule has 0 spiro atoms. The standard InChI is InChI=1S/C23H28N2O3/c26-22(28-16-20-9-5-2-6-10-20)25(15-19-7-3-1-4-8-19)18-23(27)17-24-13-11-21(23)12-14-24/h1-10,21,27H,11-18H2. The molecule has 1 amide bonds. The molecule has 2 aromatic rings. The van der Waals surface area contributed by atoms with Gasteiger partial charge in [-0.05, 0) is 43.0 Å². The number of carbonyl (C=O) groups is 1. The van der Waals surface area contributed by atoms with Crippen molar-refractivity contribution >= 4 is 6.09 Å². The van der Waals surface area contributed by atoms with Crippen LogP contribution in [0.5, 0.6) is 0 Å². The Morgan fingerprint density at radius 2 is 1.64 bits per heavy atom. The summed E-state index contributed by atoms with van der Waals surface area (Å²) in [5, 5.41) is 11.4. The van der Waals surface area contributed by atoms with Gasteiger partial charge in [0.15, 0.2) is 0 Å². The number of benzene rings is 2. The van der Waals surface area contributed by atoms with E-state index in [0.717, 1.165) is 37.1 Å². The van der Waals surface area contributed by atoms with Gasteiger partial charge in [0.1, 0.15) is 6.61 Å². The third kappa shape index (κ3) is 4.37. The molecule has 5 heteroatoms. The van der Waals surface area contributed by atoms with Gasteiger partial charge in [0.25, 0.3) is 0 Å². The first kappa shape index (κ1) is 19.0. The largest absolute Gasteiger partial charge is 0.445 e. The van der Waals surface area contributed by atoms with Crippen LogP contribution in [0.25, 0.3) is 0 Å². The molecule has 0 aromatic heterocycles. The minimum absolute atomic E-state index is 0.235. The summed E-state index contributed by atoms with van der Waals surface area (Å²) >= 11 is 0. The molecule has 3 aliphatic rings. The third-order valence-electron chi connectivity index (χ3n) is 5.99. The van der Waals surface area contributed by atoms with Gasteiger partial charge in [-0.2, -0.15) is 0 Å². The highest BCUT2D eigenvalue weighted by molar-refractivity contribution is 5.68. The molecule has 0 radical (unpaired) electrons. The van der Waals surface area contributed by atoms with Crippen molar-refractivity contribution in [1.82, 2.24) is 9.80 Å². The summed E-state index contributed by atoms with van der Waals surface area (Å²) in [6, 6.07) is 19.6. The van der Waals surface area contributed by atoms with Crippen LogP contribution in [0.15, 0.2) is 60.7 Å². The number of aliphatic hydroxyl groups is 1. The minimum Gasteiger partial charge on any atom is -0.445 e. The molecule has 0 aliphatic carbocycles. The molecular formula is C23H28N2O3. The van der Waals surface area contributed by atoms with E-state index in [1.165, 1.54) is 0 Å². The van der Waals surface area contributed by atoms with E-state index in [1.807, 2.05) is 60.7 Å². The average molecular weight is 380 g/mol. The summed E-state index contributed by atoms with van der Waals surface area (Å²) in [4.78, 5) is 16.9. The molecule has 28 heavy (non-hydrogen) atoms. The number of ether oxygens (including phenoxy) is 1. The maximum atomic E-state index is 12.9. The number of hydrogen-bond acceptors (Lipinski definition) is 4. The molecule has 1 unspecified atom stereocenters. The summed E-state index contributed by atoms with van der Waals surface area (Å²) in [5.41, 5.74) is 1.12. The van der Waals surface area contributed by atoms with Crippen molar-refractivity contribution in [3.05, 3.63) is 71.8 Å². The van der Waals surface area contributed by atoms with Crippen molar-refractivity contribution in [3.63, 3.8) is 0 Å². The lowest BCUT2D eigenvalue weighted by molar-refractivity contribution is -0.124. The zero-order valence-corrected chi connectivity index (χ0v) is 16.2. The Morgan fingerprint density at radius 3 is 2.21 bits per heavy atom. The van der Waals surface area contributed by atoms with Crippen LogP contribution in [0.2, 0.25) is 0 Å². The van der Waals surface area contributed by atoms with Gasteiger partial charge in [0.05, 0.1) is 12.1 Å². The lowest BCUT2D eigenvalue weighted by Crippen LogP contribution is -2.63. The van der Waals surface area contributed by atoms with Gasteiger partial charge in [-0.25, -0.2) is 4.79 Å². The first-order valence-electron chi connectivity index (χ1n) is 10.1. The number of piperidine rings is 3. The summed E-state index contributed by atoms with van der Waals surface area (Å²) in [5.74, 6) is 0.248. The van der Waals surface area contributed by atoms with E-state index in [0.29, 0.717) is 19.6 Å².